The van der Waals surface area contributed by atoms with Gasteiger partial charge in [0.05, 0.1) is 10.9 Å². The van der Waals surface area contributed by atoms with Crippen LogP contribution in [0, 0.1) is 5.92 Å². The molecule has 1 saturated carbocycles. The number of nitrogens with zero attached hydrogens (tertiary/aromatic N) is 1. The van der Waals surface area contributed by atoms with Crippen LogP contribution in [0.2, 0.25) is 0 Å². The van der Waals surface area contributed by atoms with Crippen molar-refractivity contribution in [2.24, 2.45) is 5.92 Å². The van der Waals surface area contributed by atoms with E-state index in [1.54, 1.807) is 18.2 Å². The van der Waals surface area contributed by atoms with Crippen LogP contribution >= 0.6 is 0 Å². The smallest absolute Gasteiger partial charge is 0.328 e. The van der Waals surface area contributed by atoms with Crippen LogP contribution in [0.15, 0.2) is 27.8 Å². The first-order chi connectivity index (χ1) is 10.1. The highest BCUT2D eigenvalue weighted by atomic mass is 16.2. The van der Waals surface area contributed by atoms with Crippen LogP contribution in [0.3, 0.4) is 0 Å². The molecule has 1 fully saturated rings. The Morgan fingerprint density at radius 1 is 1.19 bits per heavy atom. The number of rotatable bonds is 3. The van der Waals surface area contributed by atoms with E-state index in [0.717, 1.165) is 6.42 Å². The number of hydrogen-bond donors (Lipinski definition) is 2. The standard InChI is InChI=1S/C16H21N3O2/c17-12-6-7-14-13(10-12)15(20)19(16(21)18-14)9-8-11-4-2-1-3-5-11/h6-7,10-11H,1-5,8-9,17H2,(H,18,21). The van der Waals surface area contributed by atoms with E-state index < -0.39 is 0 Å². The lowest BCUT2D eigenvalue weighted by molar-refractivity contribution is 0.321. The summed E-state index contributed by atoms with van der Waals surface area (Å²) in [5.74, 6) is 0.640. The Morgan fingerprint density at radius 2 is 1.95 bits per heavy atom. The summed E-state index contributed by atoms with van der Waals surface area (Å²) in [6.45, 7) is 0.490. The molecule has 21 heavy (non-hydrogen) atoms. The van der Waals surface area contributed by atoms with Gasteiger partial charge in [-0.1, -0.05) is 32.1 Å². The lowest BCUT2D eigenvalue weighted by Crippen LogP contribution is -2.35. The number of aromatic nitrogens is 2. The highest BCUT2D eigenvalue weighted by Crippen LogP contribution is 2.26. The van der Waals surface area contributed by atoms with Crippen LogP contribution in [0.1, 0.15) is 38.5 Å². The molecule has 1 aromatic carbocycles. The van der Waals surface area contributed by atoms with Gasteiger partial charge in [0.1, 0.15) is 0 Å². The molecule has 0 saturated heterocycles. The predicted octanol–water partition coefficient (Wildman–Crippen LogP) is 2.24. The minimum absolute atomic E-state index is 0.239. The molecule has 112 valence electrons. The monoisotopic (exact) mass is 287 g/mol. The predicted molar refractivity (Wildman–Crippen MR) is 84.4 cm³/mol. The second kappa shape index (κ2) is 5.76. The molecule has 0 radical (unpaired) electrons. The second-order valence-electron chi connectivity index (χ2n) is 5.98. The third-order valence-electron chi connectivity index (χ3n) is 4.49. The number of aromatic amines is 1. The summed E-state index contributed by atoms with van der Waals surface area (Å²) in [6, 6.07) is 4.99. The summed E-state index contributed by atoms with van der Waals surface area (Å²) in [4.78, 5) is 27.3. The fourth-order valence-corrected chi connectivity index (χ4v) is 3.26. The van der Waals surface area contributed by atoms with Crippen molar-refractivity contribution < 1.29 is 0 Å². The first kappa shape index (κ1) is 13.9. The fraction of sp³-hybridized carbons (Fsp3) is 0.500. The van der Waals surface area contributed by atoms with Crippen molar-refractivity contribution in [3.05, 3.63) is 39.0 Å². The number of anilines is 1. The average molecular weight is 287 g/mol. The molecular formula is C16H21N3O2. The van der Waals surface area contributed by atoms with Crippen LogP contribution in [0.4, 0.5) is 5.69 Å². The molecule has 3 N–H and O–H groups in total. The molecule has 1 aliphatic rings. The summed E-state index contributed by atoms with van der Waals surface area (Å²) < 4.78 is 1.32. The van der Waals surface area contributed by atoms with Gasteiger partial charge in [-0.05, 0) is 30.5 Å². The molecule has 0 atom stereocenters. The SMILES string of the molecule is Nc1ccc2[nH]c(=O)n(CCC3CCCCC3)c(=O)c2c1. The number of H-pyrrole nitrogens is 1. The summed E-state index contributed by atoms with van der Waals surface area (Å²) in [5, 5.41) is 0.484. The van der Waals surface area contributed by atoms with Crippen molar-refractivity contribution in [2.75, 3.05) is 5.73 Å². The molecule has 5 nitrogen and oxygen atoms in total. The van der Waals surface area contributed by atoms with Crippen molar-refractivity contribution in [1.29, 1.82) is 0 Å². The van der Waals surface area contributed by atoms with Crippen molar-refractivity contribution in [2.45, 2.75) is 45.1 Å². The summed E-state index contributed by atoms with van der Waals surface area (Å²) >= 11 is 0. The minimum Gasteiger partial charge on any atom is -0.399 e. The molecule has 0 unspecified atom stereocenters. The molecule has 0 bridgehead atoms. The zero-order chi connectivity index (χ0) is 14.8. The number of nitrogen functional groups attached to an aromatic ring is 1. The Bertz CT molecular complexity index is 754. The van der Waals surface area contributed by atoms with Crippen LogP contribution in [-0.4, -0.2) is 9.55 Å². The van der Waals surface area contributed by atoms with E-state index in [1.165, 1.54) is 36.7 Å². The first-order valence-corrected chi connectivity index (χ1v) is 7.67. The summed E-state index contributed by atoms with van der Waals surface area (Å²) in [7, 11) is 0. The van der Waals surface area contributed by atoms with Gasteiger partial charge in [0.2, 0.25) is 0 Å². The Balaban J connectivity index is 1.90. The molecule has 5 heteroatoms. The second-order valence-corrected chi connectivity index (χ2v) is 5.98. The number of nitrogens with two attached hydrogens (primary N) is 1. The molecule has 0 spiro atoms. The Labute approximate surface area is 122 Å². The van der Waals surface area contributed by atoms with Gasteiger partial charge in [-0.2, -0.15) is 0 Å². The van der Waals surface area contributed by atoms with Gasteiger partial charge in [-0.15, -0.1) is 0 Å². The van der Waals surface area contributed by atoms with Crippen LogP contribution < -0.4 is 17.0 Å². The maximum Gasteiger partial charge on any atom is 0.328 e. The number of fused-ring (bicyclic) bond motifs is 1. The Morgan fingerprint density at radius 3 is 2.71 bits per heavy atom. The molecule has 0 aliphatic heterocycles. The van der Waals surface area contributed by atoms with Gasteiger partial charge in [0.15, 0.2) is 0 Å². The maximum atomic E-state index is 12.5. The number of nitrogens with one attached hydrogen (secondary N) is 1. The van der Waals surface area contributed by atoms with E-state index in [2.05, 4.69) is 4.98 Å². The summed E-state index contributed by atoms with van der Waals surface area (Å²) in [6.07, 6.45) is 7.18. The van der Waals surface area contributed by atoms with Gasteiger partial charge >= 0.3 is 5.69 Å². The van der Waals surface area contributed by atoms with E-state index in [-0.39, 0.29) is 11.2 Å². The van der Waals surface area contributed by atoms with Crippen molar-refractivity contribution in [3.63, 3.8) is 0 Å². The highest BCUT2D eigenvalue weighted by molar-refractivity contribution is 5.80. The highest BCUT2D eigenvalue weighted by Gasteiger charge is 2.15. The molecular weight excluding hydrogens is 266 g/mol. The Hall–Kier alpha value is -2.04. The molecule has 1 heterocycles. The topological polar surface area (TPSA) is 80.9 Å². The van der Waals surface area contributed by atoms with Crippen molar-refractivity contribution in [3.8, 4) is 0 Å². The quantitative estimate of drug-likeness (QED) is 0.849. The van der Waals surface area contributed by atoms with Gasteiger partial charge in [-0.25, -0.2) is 4.79 Å². The molecule has 3 rings (SSSR count). The first-order valence-electron chi connectivity index (χ1n) is 7.67. The lowest BCUT2D eigenvalue weighted by atomic mass is 9.87. The largest absolute Gasteiger partial charge is 0.399 e. The van der Waals surface area contributed by atoms with Crippen molar-refractivity contribution in [1.82, 2.24) is 9.55 Å². The van der Waals surface area contributed by atoms with Gasteiger partial charge in [-0.3, -0.25) is 9.36 Å². The van der Waals surface area contributed by atoms with Crippen LogP contribution in [0.25, 0.3) is 10.9 Å². The maximum absolute atomic E-state index is 12.5. The average Bonchev–Trinajstić information content (AvgIpc) is 2.49. The number of benzene rings is 1. The van der Waals surface area contributed by atoms with Gasteiger partial charge in [0.25, 0.3) is 5.56 Å². The Kier molecular flexibility index (Phi) is 3.82. The molecule has 0 amide bonds. The zero-order valence-corrected chi connectivity index (χ0v) is 12.1. The van der Waals surface area contributed by atoms with E-state index in [9.17, 15) is 9.59 Å². The van der Waals surface area contributed by atoms with Gasteiger partial charge < -0.3 is 10.7 Å². The third-order valence-corrected chi connectivity index (χ3v) is 4.49. The normalized spacial score (nSPS) is 16.4. The third kappa shape index (κ3) is 2.86. The van der Waals surface area contributed by atoms with Crippen molar-refractivity contribution >= 4 is 16.6 Å². The van der Waals surface area contributed by atoms with E-state index >= 15 is 0 Å². The van der Waals surface area contributed by atoms with Crippen LogP contribution in [0.5, 0.6) is 0 Å². The molecule has 1 aliphatic carbocycles. The fourth-order valence-electron chi connectivity index (χ4n) is 3.26. The summed E-state index contributed by atoms with van der Waals surface area (Å²) in [5.41, 5.74) is 6.25. The van der Waals surface area contributed by atoms with E-state index in [0.29, 0.717) is 29.1 Å². The van der Waals surface area contributed by atoms with Crippen LogP contribution in [-0.2, 0) is 6.54 Å². The number of hydrogen-bond acceptors (Lipinski definition) is 3. The minimum atomic E-state index is -0.326. The van der Waals surface area contributed by atoms with Gasteiger partial charge in [0, 0.05) is 12.2 Å². The zero-order valence-electron chi connectivity index (χ0n) is 12.1. The van der Waals surface area contributed by atoms with E-state index in [1.807, 2.05) is 0 Å². The molecule has 1 aromatic heterocycles. The van der Waals surface area contributed by atoms with E-state index in [4.69, 9.17) is 5.73 Å². The molecule has 2 aromatic rings. The lowest BCUT2D eigenvalue weighted by Gasteiger charge is -2.21.